The molecule has 1 unspecified atom stereocenters. The fourth-order valence-corrected chi connectivity index (χ4v) is 2.10. The summed E-state index contributed by atoms with van der Waals surface area (Å²) >= 11 is 0. The number of hydrogen-bond acceptors (Lipinski definition) is 2. The Labute approximate surface area is 151 Å². The molecule has 5 heteroatoms. The second-order valence-electron chi connectivity index (χ2n) is 6.00. The second kappa shape index (κ2) is 9.92. The lowest BCUT2D eigenvalue weighted by Crippen LogP contribution is -2.40. The zero-order valence-electron chi connectivity index (χ0n) is 13.8. The summed E-state index contributed by atoms with van der Waals surface area (Å²) in [6, 6.07) is 11.3. The molecule has 1 fully saturated rings. The highest BCUT2D eigenvalue weighted by Gasteiger charge is 2.22. The van der Waals surface area contributed by atoms with E-state index in [0.717, 1.165) is 24.7 Å². The Kier molecular flexibility index (Phi) is 8.60. The van der Waals surface area contributed by atoms with E-state index >= 15 is 0 Å². The number of benzene rings is 1. The van der Waals surface area contributed by atoms with Gasteiger partial charge in [-0.05, 0) is 37.8 Å². The standard InChI is InChI=1S/C17H28N4.HI/c1-4-18-17(21-15-10-11-15)19-12-16(13(2)3)20-14-8-6-5-7-9-14;/h5-9,13,15-16,20H,4,10-12H2,1-3H3,(H2,18,19,21);1H. The van der Waals surface area contributed by atoms with E-state index in [4.69, 9.17) is 4.99 Å². The van der Waals surface area contributed by atoms with Gasteiger partial charge in [0.2, 0.25) is 0 Å². The number of anilines is 1. The Morgan fingerprint density at radius 3 is 2.45 bits per heavy atom. The van der Waals surface area contributed by atoms with Crippen molar-refractivity contribution >= 4 is 35.6 Å². The SMILES string of the molecule is CCNC(=NCC(Nc1ccccc1)C(C)C)NC1CC1.I. The van der Waals surface area contributed by atoms with E-state index < -0.39 is 0 Å². The van der Waals surface area contributed by atoms with Gasteiger partial charge in [0, 0.05) is 24.3 Å². The highest BCUT2D eigenvalue weighted by molar-refractivity contribution is 14.0. The fraction of sp³-hybridized carbons (Fsp3) is 0.588. The van der Waals surface area contributed by atoms with Gasteiger partial charge in [-0.15, -0.1) is 24.0 Å². The van der Waals surface area contributed by atoms with Gasteiger partial charge in [-0.3, -0.25) is 4.99 Å². The van der Waals surface area contributed by atoms with Crippen LogP contribution in [0.2, 0.25) is 0 Å². The topological polar surface area (TPSA) is 48.5 Å². The maximum atomic E-state index is 4.74. The number of halogens is 1. The zero-order chi connectivity index (χ0) is 15.1. The van der Waals surface area contributed by atoms with Crippen LogP contribution in [0.5, 0.6) is 0 Å². The molecule has 4 nitrogen and oxygen atoms in total. The normalized spacial score (nSPS) is 15.9. The van der Waals surface area contributed by atoms with Crippen LogP contribution in [0.3, 0.4) is 0 Å². The summed E-state index contributed by atoms with van der Waals surface area (Å²) in [6.45, 7) is 8.24. The molecule has 0 spiro atoms. The molecular formula is C17H29IN4. The first-order valence-corrected chi connectivity index (χ1v) is 8.05. The Balaban J connectivity index is 0.00000242. The summed E-state index contributed by atoms with van der Waals surface area (Å²) in [6.07, 6.45) is 2.53. The van der Waals surface area contributed by atoms with E-state index in [0.29, 0.717) is 18.0 Å². The number of guanidine groups is 1. The third kappa shape index (κ3) is 6.85. The van der Waals surface area contributed by atoms with Crippen molar-refractivity contribution in [1.82, 2.24) is 10.6 Å². The Morgan fingerprint density at radius 1 is 1.23 bits per heavy atom. The van der Waals surface area contributed by atoms with E-state index in [1.54, 1.807) is 0 Å². The van der Waals surface area contributed by atoms with Crippen molar-refractivity contribution < 1.29 is 0 Å². The molecule has 1 atom stereocenters. The van der Waals surface area contributed by atoms with E-state index in [-0.39, 0.29) is 24.0 Å². The van der Waals surface area contributed by atoms with Crippen molar-refractivity contribution in [3.63, 3.8) is 0 Å². The molecule has 2 rings (SSSR count). The van der Waals surface area contributed by atoms with Gasteiger partial charge in [-0.2, -0.15) is 0 Å². The van der Waals surface area contributed by atoms with Crippen LogP contribution >= 0.6 is 24.0 Å². The molecule has 0 bridgehead atoms. The van der Waals surface area contributed by atoms with Gasteiger partial charge in [-0.25, -0.2) is 0 Å². The predicted octanol–water partition coefficient (Wildman–Crippen LogP) is 3.46. The van der Waals surface area contributed by atoms with Crippen LogP contribution in [0.4, 0.5) is 5.69 Å². The second-order valence-corrected chi connectivity index (χ2v) is 6.00. The molecule has 1 saturated carbocycles. The summed E-state index contributed by atoms with van der Waals surface area (Å²) in [4.78, 5) is 4.74. The summed E-state index contributed by atoms with van der Waals surface area (Å²) in [5.41, 5.74) is 1.16. The van der Waals surface area contributed by atoms with Crippen LogP contribution in [-0.4, -0.2) is 31.1 Å². The molecule has 22 heavy (non-hydrogen) atoms. The smallest absolute Gasteiger partial charge is 0.191 e. The summed E-state index contributed by atoms with van der Waals surface area (Å²) in [5, 5.41) is 10.4. The Hall–Kier alpha value is -0.980. The number of para-hydroxylation sites is 1. The molecule has 0 aliphatic heterocycles. The summed E-state index contributed by atoms with van der Waals surface area (Å²) < 4.78 is 0. The van der Waals surface area contributed by atoms with Crippen molar-refractivity contribution in [3.8, 4) is 0 Å². The van der Waals surface area contributed by atoms with Crippen LogP contribution < -0.4 is 16.0 Å². The van der Waals surface area contributed by atoms with Gasteiger partial charge in [0.25, 0.3) is 0 Å². The lowest BCUT2D eigenvalue weighted by molar-refractivity contribution is 0.530. The molecule has 0 radical (unpaired) electrons. The molecule has 0 heterocycles. The Bertz CT molecular complexity index is 443. The molecule has 0 amide bonds. The van der Waals surface area contributed by atoms with Gasteiger partial charge >= 0.3 is 0 Å². The number of aliphatic imine (C=N–C) groups is 1. The molecule has 0 saturated heterocycles. The summed E-state index contributed by atoms with van der Waals surface area (Å²) in [5.74, 6) is 1.47. The van der Waals surface area contributed by atoms with Gasteiger partial charge in [0.05, 0.1) is 6.54 Å². The molecule has 0 aromatic heterocycles. The first-order chi connectivity index (χ1) is 10.2. The van der Waals surface area contributed by atoms with Gasteiger partial charge in [0.1, 0.15) is 0 Å². The minimum Gasteiger partial charge on any atom is -0.380 e. The predicted molar refractivity (Wildman–Crippen MR) is 106 cm³/mol. The molecular weight excluding hydrogens is 387 g/mol. The lowest BCUT2D eigenvalue weighted by Gasteiger charge is -2.22. The highest BCUT2D eigenvalue weighted by Crippen LogP contribution is 2.18. The average molecular weight is 416 g/mol. The monoisotopic (exact) mass is 416 g/mol. The van der Waals surface area contributed by atoms with Gasteiger partial charge in [0.15, 0.2) is 5.96 Å². The van der Waals surface area contributed by atoms with Crippen LogP contribution in [0, 0.1) is 5.92 Å². The van der Waals surface area contributed by atoms with Crippen LogP contribution in [0.15, 0.2) is 35.3 Å². The van der Waals surface area contributed by atoms with Crippen molar-refractivity contribution in [2.24, 2.45) is 10.9 Å². The van der Waals surface area contributed by atoms with E-state index in [9.17, 15) is 0 Å². The van der Waals surface area contributed by atoms with Crippen molar-refractivity contribution in [1.29, 1.82) is 0 Å². The van der Waals surface area contributed by atoms with Crippen molar-refractivity contribution in [2.45, 2.75) is 45.7 Å². The maximum Gasteiger partial charge on any atom is 0.191 e. The average Bonchev–Trinajstić information content (AvgIpc) is 3.28. The zero-order valence-corrected chi connectivity index (χ0v) is 16.1. The Morgan fingerprint density at radius 2 is 1.91 bits per heavy atom. The van der Waals surface area contributed by atoms with E-state index in [1.165, 1.54) is 12.8 Å². The van der Waals surface area contributed by atoms with Crippen molar-refractivity contribution in [3.05, 3.63) is 30.3 Å². The first kappa shape index (κ1) is 19.1. The van der Waals surface area contributed by atoms with Crippen LogP contribution in [0.1, 0.15) is 33.6 Å². The maximum absolute atomic E-state index is 4.74. The summed E-state index contributed by atoms with van der Waals surface area (Å²) in [7, 11) is 0. The van der Waals surface area contributed by atoms with E-state index in [2.05, 4.69) is 61.0 Å². The van der Waals surface area contributed by atoms with Crippen LogP contribution in [-0.2, 0) is 0 Å². The molecule has 124 valence electrons. The third-order valence-electron chi connectivity index (χ3n) is 3.64. The molecule has 3 N–H and O–H groups in total. The quantitative estimate of drug-likeness (QED) is 0.363. The van der Waals surface area contributed by atoms with Crippen molar-refractivity contribution in [2.75, 3.05) is 18.4 Å². The molecule has 1 aliphatic rings. The van der Waals surface area contributed by atoms with Gasteiger partial charge < -0.3 is 16.0 Å². The number of nitrogens with zero attached hydrogens (tertiary/aromatic N) is 1. The van der Waals surface area contributed by atoms with Gasteiger partial charge in [-0.1, -0.05) is 32.0 Å². The fourth-order valence-electron chi connectivity index (χ4n) is 2.10. The molecule has 1 aromatic rings. The highest BCUT2D eigenvalue weighted by atomic mass is 127. The minimum atomic E-state index is 0. The number of nitrogens with one attached hydrogen (secondary N) is 3. The van der Waals surface area contributed by atoms with E-state index in [1.807, 2.05) is 6.07 Å². The molecule has 1 aromatic carbocycles. The lowest BCUT2D eigenvalue weighted by atomic mass is 10.0. The first-order valence-electron chi connectivity index (χ1n) is 8.05. The largest absolute Gasteiger partial charge is 0.380 e. The number of rotatable bonds is 7. The number of hydrogen-bond donors (Lipinski definition) is 3. The third-order valence-corrected chi connectivity index (χ3v) is 3.64. The minimum absolute atomic E-state index is 0. The van der Waals surface area contributed by atoms with Crippen LogP contribution in [0.25, 0.3) is 0 Å². The molecule has 1 aliphatic carbocycles.